The fourth-order valence-electron chi connectivity index (χ4n) is 4.22. The number of ether oxygens (including phenoxy) is 7. The third-order valence-corrected chi connectivity index (χ3v) is 5.73. The van der Waals surface area contributed by atoms with Crippen molar-refractivity contribution < 1.29 is 42.7 Å². The first-order chi connectivity index (χ1) is 16.1. The first kappa shape index (κ1) is 24.9. The second-order valence-corrected chi connectivity index (χ2v) is 9.48. The molecule has 1 N–H and O–H groups in total. The zero-order valence-corrected chi connectivity index (χ0v) is 20.0. The van der Waals surface area contributed by atoms with Crippen molar-refractivity contribution in [2.75, 3.05) is 13.2 Å². The van der Waals surface area contributed by atoms with Crippen molar-refractivity contribution in [1.29, 1.82) is 0 Å². The molecule has 10 heteroatoms. The topological polar surface area (TPSA) is 111 Å². The van der Waals surface area contributed by atoms with Crippen LogP contribution in [-0.2, 0) is 44.6 Å². The average molecular weight is 480 g/mol. The molecule has 3 saturated heterocycles. The third kappa shape index (κ3) is 6.25. The highest BCUT2D eigenvalue weighted by Gasteiger charge is 2.59. The number of hydrogen-bond donors (Lipinski definition) is 1. The van der Waals surface area contributed by atoms with Gasteiger partial charge >= 0.3 is 12.1 Å². The SMILES string of the molecule is CC1(C)O[C@H]2O[C@@H]([C@@H]3COC(C)(C)O3)[C@@H](OC(=O)CCCNC(=O)OCc3ccccc3)[C@@H]2O1. The van der Waals surface area contributed by atoms with Gasteiger partial charge in [-0.25, -0.2) is 4.79 Å². The Hall–Kier alpha value is -2.24. The van der Waals surface area contributed by atoms with Crippen LogP contribution in [-0.4, -0.2) is 67.5 Å². The first-order valence-electron chi connectivity index (χ1n) is 11.6. The van der Waals surface area contributed by atoms with E-state index in [1.807, 2.05) is 44.2 Å². The summed E-state index contributed by atoms with van der Waals surface area (Å²) >= 11 is 0. The lowest BCUT2D eigenvalue weighted by Gasteiger charge is -2.28. The molecular formula is C24H33NO9. The van der Waals surface area contributed by atoms with Crippen molar-refractivity contribution in [2.45, 2.75) is 89.4 Å². The number of esters is 1. The van der Waals surface area contributed by atoms with Gasteiger partial charge < -0.3 is 38.5 Å². The molecule has 3 aliphatic rings. The summed E-state index contributed by atoms with van der Waals surface area (Å²) in [5.74, 6) is -2.02. The van der Waals surface area contributed by atoms with Gasteiger partial charge in [-0.15, -0.1) is 0 Å². The van der Waals surface area contributed by atoms with Gasteiger partial charge in [-0.1, -0.05) is 30.3 Å². The van der Waals surface area contributed by atoms with Crippen LogP contribution >= 0.6 is 0 Å². The van der Waals surface area contributed by atoms with E-state index >= 15 is 0 Å². The lowest BCUT2D eigenvalue weighted by Crippen LogP contribution is -2.45. The highest BCUT2D eigenvalue weighted by atomic mass is 16.8. The Balaban J connectivity index is 1.23. The van der Waals surface area contributed by atoms with E-state index in [0.29, 0.717) is 13.0 Å². The lowest BCUT2D eigenvalue weighted by atomic mass is 10.1. The number of benzene rings is 1. The normalized spacial score (nSPS) is 31.1. The van der Waals surface area contributed by atoms with Gasteiger partial charge in [0.05, 0.1) is 6.61 Å². The van der Waals surface area contributed by atoms with Crippen molar-refractivity contribution in [2.24, 2.45) is 0 Å². The number of amides is 1. The van der Waals surface area contributed by atoms with Crippen molar-refractivity contribution in [1.82, 2.24) is 5.32 Å². The molecule has 0 radical (unpaired) electrons. The third-order valence-electron chi connectivity index (χ3n) is 5.73. The van der Waals surface area contributed by atoms with E-state index in [4.69, 9.17) is 33.2 Å². The number of alkyl carbamates (subject to hydrolysis) is 1. The number of carbonyl (C=O) groups excluding carboxylic acids is 2. The summed E-state index contributed by atoms with van der Waals surface area (Å²) in [6, 6.07) is 9.39. The van der Waals surface area contributed by atoms with Crippen molar-refractivity contribution >= 4 is 12.1 Å². The van der Waals surface area contributed by atoms with Gasteiger partial charge in [-0.2, -0.15) is 0 Å². The van der Waals surface area contributed by atoms with Crippen molar-refractivity contribution in [3.8, 4) is 0 Å². The van der Waals surface area contributed by atoms with E-state index in [1.54, 1.807) is 13.8 Å². The van der Waals surface area contributed by atoms with Gasteiger partial charge in [0, 0.05) is 13.0 Å². The lowest BCUT2D eigenvalue weighted by molar-refractivity contribution is -0.235. The standard InChI is InChI=1S/C24H33NO9/c1-23(2)29-14-16(32-23)18-19(20-21(31-18)34-24(3,4)33-20)30-17(26)11-8-12-25-22(27)28-13-15-9-6-5-7-10-15/h5-7,9-10,16,18-21H,8,11-14H2,1-4H3,(H,25,27)/t16-,18-,19+,20-,21+/m0/s1. The molecule has 5 atom stereocenters. The summed E-state index contributed by atoms with van der Waals surface area (Å²) < 4.78 is 40.3. The smallest absolute Gasteiger partial charge is 0.407 e. The van der Waals surface area contributed by atoms with Crippen LogP contribution in [0, 0.1) is 0 Å². The molecule has 3 heterocycles. The predicted molar refractivity (Wildman–Crippen MR) is 117 cm³/mol. The minimum atomic E-state index is -0.846. The van der Waals surface area contributed by atoms with Gasteiger partial charge in [0.15, 0.2) is 30.1 Å². The number of nitrogens with one attached hydrogen (secondary N) is 1. The Kier molecular flexibility index (Phi) is 7.44. The molecule has 4 rings (SSSR count). The molecule has 1 aromatic carbocycles. The van der Waals surface area contributed by atoms with E-state index in [9.17, 15) is 9.59 Å². The van der Waals surface area contributed by atoms with Gasteiger partial charge in [0.1, 0.15) is 18.8 Å². The number of hydrogen-bond acceptors (Lipinski definition) is 9. The highest BCUT2D eigenvalue weighted by Crippen LogP contribution is 2.42. The van der Waals surface area contributed by atoms with E-state index in [1.165, 1.54) is 0 Å². The second kappa shape index (κ2) is 10.2. The molecule has 0 saturated carbocycles. The second-order valence-electron chi connectivity index (χ2n) is 9.48. The van der Waals surface area contributed by atoms with Crippen LogP contribution in [0.4, 0.5) is 4.79 Å². The average Bonchev–Trinajstić information content (AvgIpc) is 3.40. The first-order valence-corrected chi connectivity index (χ1v) is 11.6. The Morgan fingerprint density at radius 2 is 1.79 bits per heavy atom. The zero-order valence-electron chi connectivity index (χ0n) is 20.0. The summed E-state index contributed by atoms with van der Waals surface area (Å²) in [7, 11) is 0. The molecule has 0 spiro atoms. The number of fused-ring (bicyclic) bond motifs is 1. The van der Waals surface area contributed by atoms with E-state index in [2.05, 4.69) is 5.32 Å². The number of rotatable bonds is 8. The van der Waals surface area contributed by atoms with Gasteiger partial charge in [0.25, 0.3) is 0 Å². The molecule has 0 aliphatic carbocycles. The van der Waals surface area contributed by atoms with Crippen LogP contribution in [0.5, 0.6) is 0 Å². The number of carbonyl (C=O) groups is 2. The monoisotopic (exact) mass is 479 g/mol. The summed E-state index contributed by atoms with van der Waals surface area (Å²) in [5, 5.41) is 2.64. The summed E-state index contributed by atoms with van der Waals surface area (Å²) in [6.07, 6.45) is -2.97. The molecule has 0 bridgehead atoms. The van der Waals surface area contributed by atoms with Gasteiger partial charge in [-0.3, -0.25) is 4.79 Å². The molecular weight excluding hydrogens is 446 g/mol. The molecule has 10 nitrogen and oxygen atoms in total. The van der Waals surface area contributed by atoms with Crippen LogP contribution in [0.1, 0.15) is 46.1 Å². The Bertz CT molecular complexity index is 859. The molecule has 188 valence electrons. The quantitative estimate of drug-likeness (QED) is 0.444. The molecule has 3 aliphatic heterocycles. The minimum absolute atomic E-state index is 0.108. The molecule has 3 fully saturated rings. The van der Waals surface area contributed by atoms with Crippen LogP contribution in [0.25, 0.3) is 0 Å². The van der Waals surface area contributed by atoms with Crippen LogP contribution < -0.4 is 5.32 Å². The largest absolute Gasteiger partial charge is 0.456 e. The fraction of sp³-hybridized carbons (Fsp3) is 0.667. The fourth-order valence-corrected chi connectivity index (χ4v) is 4.22. The maximum Gasteiger partial charge on any atom is 0.407 e. The van der Waals surface area contributed by atoms with Gasteiger partial charge in [-0.05, 0) is 39.7 Å². The molecule has 34 heavy (non-hydrogen) atoms. The Morgan fingerprint density at radius 3 is 2.50 bits per heavy atom. The van der Waals surface area contributed by atoms with E-state index < -0.39 is 54.3 Å². The molecule has 0 aromatic heterocycles. The summed E-state index contributed by atoms with van der Waals surface area (Å²) in [5.41, 5.74) is 0.897. The Morgan fingerprint density at radius 1 is 1.03 bits per heavy atom. The van der Waals surface area contributed by atoms with Crippen LogP contribution in [0.3, 0.4) is 0 Å². The zero-order chi connectivity index (χ0) is 24.3. The van der Waals surface area contributed by atoms with Crippen LogP contribution in [0.15, 0.2) is 30.3 Å². The van der Waals surface area contributed by atoms with Crippen molar-refractivity contribution in [3.63, 3.8) is 0 Å². The van der Waals surface area contributed by atoms with Gasteiger partial charge in [0.2, 0.25) is 0 Å². The summed E-state index contributed by atoms with van der Waals surface area (Å²) in [6.45, 7) is 7.97. The predicted octanol–water partition coefficient (Wildman–Crippen LogP) is 2.63. The maximum absolute atomic E-state index is 12.6. The van der Waals surface area contributed by atoms with Crippen molar-refractivity contribution in [3.05, 3.63) is 35.9 Å². The summed E-state index contributed by atoms with van der Waals surface area (Å²) in [4.78, 5) is 24.4. The van der Waals surface area contributed by atoms with Crippen LogP contribution in [0.2, 0.25) is 0 Å². The highest BCUT2D eigenvalue weighted by molar-refractivity contribution is 5.70. The van der Waals surface area contributed by atoms with E-state index in [-0.39, 0.29) is 19.6 Å². The minimum Gasteiger partial charge on any atom is -0.456 e. The molecule has 1 amide bonds. The van der Waals surface area contributed by atoms with E-state index in [0.717, 1.165) is 5.56 Å². The maximum atomic E-state index is 12.6. The Labute approximate surface area is 199 Å². The molecule has 0 unspecified atom stereocenters. The molecule has 1 aromatic rings.